The number of nitriles is 2. The molecule has 1 N–H and O–H groups in total. The van der Waals surface area contributed by atoms with Crippen LogP contribution in [0.15, 0.2) is 12.1 Å². The summed E-state index contributed by atoms with van der Waals surface area (Å²) >= 11 is 0. The van der Waals surface area contributed by atoms with E-state index in [1.54, 1.807) is 13.0 Å². The third-order valence-electron chi connectivity index (χ3n) is 1.89. The lowest BCUT2D eigenvalue weighted by molar-refractivity contribution is -0.114. The number of nitrogens with zero attached hydrogens (tertiary/aromatic N) is 2. The fourth-order valence-corrected chi connectivity index (χ4v) is 1.28. The Morgan fingerprint density at radius 1 is 1.33 bits per heavy atom. The summed E-state index contributed by atoms with van der Waals surface area (Å²) in [5, 5.41) is 20.1. The van der Waals surface area contributed by atoms with Gasteiger partial charge in [-0.1, -0.05) is 0 Å². The second kappa shape index (κ2) is 4.26. The van der Waals surface area contributed by atoms with Crippen LogP contribution < -0.4 is 5.32 Å². The van der Waals surface area contributed by atoms with Gasteiger partial charge in [0.25, 0.3) is 0 Å². The van der Waals surface area contributed by atoms with Crippen molar-refractivity contribution in [2.45, 2.75) is 13.8 Å². The highest BCUT2D eigenvalue weighted by atomic mass is 16.1. The molecular formula is C11H9N3O. The summed E-state index contributed by atoms with van der Waals surface area (Å²) in [7, 11) is 0. The van der Waals surface area contributed by atoms with Gasteiger partial charge in [-0.2, -0.15) is 10.5 Å². The highest BCUT2D eigenvalue weighted by molar-refractivity contribution is 5.91. The van der Waals surface area contributed by atoms with Crippen molar-refractivity contribution in [3.63, 3.8) is 0 Å². The molecular weight excluding hydrogens is 190 g/mol. The number of hydrogen-bond donors (Lipinski definition) is 1. The number of anilines is 1. The molecule has 0 fully saturated rings. The molecule has 0 aromatic heterocycles. The summed E-state index contributed by atoms with van der Waals surface area (Å²) < 4.78 is 0. The molecule has 0 aliphatic rings. The van der Waals surface area contributed by atoms with E-state index < -0.39 is 0 Å². The van der Waals surface area contributed by atoms with Gasteiger partial charge in [0.1, 0.15) is 6.07 Å². The van der Waals surface area contributed by atoms with Gasteiger partial charge < -0.3 is 5.32 Å². The first kappa shape index (κ1) is 10.7. The van der Waals surface area contributed by atoms with E-state index in [1.165, 1.54) is 13.0 Å². The average molecular weight is 199 g/mol. The maximum Gasteiger partial charge on any atom is 0.221 e. The minimum absolute atomic E-state index is 0.237. The number of carbonyl (C=O) groups is 1. The Morgan fingerprint density at radius 2 is 2.00 bits per heavy atom. The van der Waals surface area contributed by atoms with Crippen molar-refractivity contribution >= 4 is 11.6 Å². The van der Waals surface area contributed by atoms with Crippen LogP contribution in [0.5, 0.6) is 0 Å². The van der Waals surface area contributed by atoms with Crippen molar-refractivity contribution in [1.82, 2.24) is 0 Å². The summed E-state index contributed by atoms with van der Waals surface area (Å²) in [6, 6.07) is 7.00. The largest absolute Gasteiger partial charge is 0.325 e. The van der Waals surface area contributed by atoms with E-state index >= 15 is 0 Å². The molecule has 0 saturated heterocycles. The number of nitrogens with one attached hydrogen (secondary N) is 1. The molecule has 74 valence electrons. The topological polar surface area (TPSA) is 76.7 Å². The third-order valence-corrected chi connectivity index (χ3v) is 1.89. The van der Waals surface area contributed by atoms with Crippen molar-refractivity contribution in [2.24, 2.45) is 0 Å². The maximum absolute atomic E-state index is 10.9. The highest BCUT2D eigenvalue weighted by Gasteiger charge is 2.08. The van der Waals surface area contributed by atoms with E-state index in [0.29, 0.717) is 22.4 Å². The van der Waals surface area contributed by atoms with Gasteiger partial charge in [0.15, 0.2) is 0 Å². The second-order valence-electron chi connectivity index (χ2n) is 3.12. The molecule has 0 bridgehead atoms. The van der Waals surface area contributed by atoms with Gasteiger partial charge in [0.05, 0.1) is 22.9 Å². The van der Waals surface area contributed by atoms with Crippen LogP contribution >= 0.6 is 0 Å². The number of amides is 1. The Balaban J connectivity index is 3.34. The SMILES string of the molecule is CC(=O)Nc1c(C)cc(C#N)cc1C#N. The van der Waals surface area contributed by atoms with Crippen LogP contribution in [0, 0.1) is 29.6 Å². The first-order valence-electron chi connectivity index (χ1n) is 4.31. The summed E-state index contributed by atoms with van der Waals surface area (Å²) in [4.78, 5) is 10.9. The molecule has 1 aromatic carbocycles. The maximum atomic E-state index is 10.9. The number of hydrogen-bond acceptors (Lipinski definition) is 3. The predicted molar refractivity (Wildman–Crippen MR) is 54.9 cm³/mol. The van der Waals surface area contributed by atoms with Crippen LogP contribution in [0.3, 0.4) is 0 Å². The van der Waals surface area contributed by atoms with Crippen LogP contribution in [-0.4, -0.2) is 5.91 Å². The molecule has 1 amide bonds. The van der Waals surface area contributed by atoms with E-state index in [0.717, 1.165) is 0 Å². The lowest BCUT2D eigenvalue weighted by atomic mass is 10.0. The molecule has 0 spiro atoms. The van der Waals surface area contributed by atoms with Crippen LogP contribution in [-0.2, 0) is 4.79 Å². The number of aryl methyl sites for hydroxylation is 1. The minimum Gasteiger partial charge on any atom is -0.325 e. The first-order valence-corrected chi connectivity index (χ1v) is 4.31. The highest BCUT2D eigenvalue weighted by Crippen LogP contribution is 2.21. The lowest BCUT2D eigenvalue weighted by Gasteiger charge is -2.08. The fourth-order valence-electron chi connectivity index (χ4n) is 1.28. The fraction of sp³-hybridized carbons (Fsp3) is 0.182. The van der Waals surface area contributed by atoms with Crippen molar-refractivity contribution in [2.75, 3.05) is 5.32 Å². The van der Waals surface area contributed by atoms with Gasteiger partial charge in [-0.15, -0.1) is 0 Å². The quantitative estimate of drug-likeness (QED) is 0.747. The number of carbonyl (C=O) groups excluding carboxylic acids is 1. The van der Waals surface area contributed by atoms with Crippen molar-refractivity contribution in [3.8, 4) is 12.1 Å². The molecule has 0 atom stereocenters. The van der Waals surface area contributed by atoms with E-state index in [4.69, 9.17) is 10.5 Å². The zero-order valence-electron chi connectivity index (χ0n) is 8.46. The first-order chi connectivity index (χ1) is 7.08. The third kappa shape index (κ3) is 2.32. The Bertz CT molecular complexity index is 492. The molecule has 0 aliphatic heterocycles. The van der Waals surface area contributed by atoms with Gasteiger partial charge in [-0.3, -0.25) is 4.79 Å². The number of benzene rings is 1. The Hall–Kier alpha value is -2.33. The molecule has 1 aromatic rings. The Morgan fingerprint density at radius 3 is 2.47 bits per heavy atom. The van der Waals surface area contributed by atoms with Crippen molar-refractivity contribution in [1.29, 1.82) is 10.5 Å². The monoisotopic (exact) mass is 199 g/mol. The van der Waals surface area contributed by atoms with E-state index in [2.05, 4.69) is 5.32 Å². The lowest BCUT2D eigenvalue weighted by Crippen LogP contribution is -2.09. The minimum atomic E-state index is -0.237. The molecule has 1 rings (SSSR count). The van der Waals surface area contributed by atoms with Crippen molar-refractivity contribution < 1.29 is 4.79 Å². The van der Waals surface area contributed by atoms with E-state index in [1.807, 2.05) is 12.1 Å². The van der Waals surface area contributed by atoms with E-state index in [-0.39, 0.29) is 5.91 Å². The smallest absolute Gasteiger partial charge is 0.221 e. The molecule has 4 nitrogen and oxygen atoms in total. The van der Waals surface area contributed by atoms with Gasteiger partial charge in [-0.05, 0) is 24.6 Å². The Labute approximate surface area is 87.8 Å². The van der Waals surface area contributed by atoms with Gasteiger partial charge in [-0.25, -0.2) is 0 Å². The zero-order valence-corrected chi connectivity index (χ0v) is 8.46. The molecule has 0 aliphatic carbocycles. The van der Waals surface area contributed by atoms with Crippen LogP contribution in [0.1, 0.15) is 23.6 Å². The predicted octanol–water partition coefficient (Wildman–Crippen LogP) is 1.70. The zero-order chi connectivity index (χ0) is 11.4. The summed E-state index contributed by atoms with van der Waals surface area (Å²) in [5.74, 6) is -0.237. The van der Waals surface area contributed by atoms with Gasteiger partial charge in [0.2, 0.25) is 5.91 Å². The van der Waals surface area contributed by atoms with Crippen LogP contribution in [0.4, 0.5) is 5.69 Å². The summed E-state index contributed by atoms with van der Waals surface area (Å²) in [5.41, 5.74) is 1.91. The summed E-state index contributed by atoms with van der Waals surface area (Å²) in [6.07, 6.45) is 0. The van der Waals surface area contributed by atoms with Gasteiger partial charge >= 0.3 is 0 Å². The molecule has 0 saturated carbocycles. The molecule has 4 heteroatoms. The normalized spacial score (nSPS) is 8.80. The molecule has 0 heterocycles. The van der Waals surface area contributed by atoms with Crippen LogP contribution in [0.25, 0.3) is 0 Å². The van der Waals surface area contributed by atoms with E-state index in [9.17, 15) is 4.79 Å². The molecule has 0 unspecified atom stereocenters. The van der Waals surface area contributed by atoms with Crippen LogP contribution in [0.2, 0.25) is 0 Å². The summed E-state index contributed by atoms with van der Waals surface area (Å²) in [6.45, 7) is 3.12. The molecule has 15 heavy (non-hydrogen) atoms. The standard InChI is InChI=1S/C11H9N3O/c1-7-3-9(5-12)4-10(6-13)11(7)14-8(2)15/h3-4H,1-2H3,(H,14,15). The number of rotatable bonds is 1. The molecule has 0 radical (unpaired) electrons. The Kier molecular flexibility index (Phi) is 3.05. The van der Waals surface area contributed by atoms with Gasteiger partial charge in [0, 0.05) is 6.92 Å². The van der Waals surface area contributed by atoms with Crippen molar-refractivity contribution in [3.05, 3.63) is 28.8 Å². The second-order valence-corrected chi connectivity index (χ2v) is 3.12. The average Bonchev–Trinajstić information content (AvgIpc) is 2.20.